The monoisotopic (exact) mass is 514 g/mol. The lowest BCUT2D eigenvalue weighted by Gasteiger charge is -2.41. The lowest BCUT2D eigenvalue weighted by atomic mass is 10.4. The van der Waals surface area contributed by atoms with Crippen molar-refractivity contribution in [2.75, 3.05) is 13.2 Å². The van der Waals surface area contributed by atoms with Gasteiger partial charge < -0.3 is 22.4 Å². The summed E-state index contributed by atoms with van der Waals surface area (Å²) in [4.78, 5) is 0. The van der Waals surface area contributed by atoms with Crippen molar-refractivity contribution in [3.05, 3.63) is 0 Å². The van der Waals surface area contributed by atoms with Gasteiger partial charge in [-0.25, -0.2) is 0 Å². The van der Waals surface area contributed by atoms with Gasteiger partial charge in [0.05, 0.1) is 33.7 Å². The van der Waals surface area contributed by atoms with E-state index in [0.717, 1.165) is 33.3 Å². The highest BCUT2D eigenvalue weighted by molar-refractivity contribution is 6.72. The molecule has 0 spiro atoms. The zero-order valence-electron chi connectivity index (χ0n) is 21.9. The molecule has 0 aromatic carbocycles. The second-order valence-corrected chi connectivity index (χ2v) is 33.0. The third-order valence-corrected chi connectivity index (χ3v) is 11.1. The van der Waals surface area contributed by atoms with Gasteiger partial charge in [0.1, 0.15) is 10.8 Å². The van der Waals surface area contributed by atoms with Gasteiger partial charge in [-0.2, -0.15) is 0 Å². The summed E-state index contributed by atoms with van der Waals surface area (Å²) >= 11 is 0. The van der Waals surface area contributed by atoms with Crippen molar-refractivity contribution in [3.8, 4) is 0 Å². The highest BCUT2D eigenvalue weighted by atomic mass is 28.4. The molecule has 176 valence electrons. The van der Waals surface area contributed by atoms with Crippen molar-refractivity contribution >= 4 is 53.8 Å². The molecule has 0 aliphatic heterocycles. The average molecular weight is 515 g/mol. The molecule has 0 unspecified atom stereocenters. The van der Waals surface area contributed by atoms with E-state index < -0.39 is 44.1 Å². The van der Waals surface area contributed by atoms with E-state index >= 15 is 0 Å². The van der Waals surface area contributed by atoms with Crippen molar-refractivity contribution < 1.29 is 22.4 Å². The first kappa shape index (κ1) is 30.1. The van der Waals surface area contributed by atoms with Gasteiger partial charge in [-0.15, -0.1) is 0 Å². The molecule has 0 aromatic rings. The standard InChI is InChI=1S/C18H50O5Si6/c1-26(2,3)20-17(24,21-27(4,5)6)13-15-19-16-14-18(25,22-28(7,8)9)23-29(10,11)12/h13-16H2,1-12,24-25H3. The van der Waals surface area contributed by atoms with Crippen LogP contribution in [0.3, 0.4) is 0 Å². The topological polar surface area (TPSA) is 46.2 Å². The third-order valence-electron chi connectivity index (χ3n) is 3.49. The van der Waals surface area contributed by atoms with Crippen LogP contribution in [0.25, 0.3) is 0 Å². The maximum atomic E-state index is 6.48. The Balaban J connectivity index is 4.86. The van der Waals surface area contributed by atoms with Crippen LogP contribution in [0, 0.1) is 0 Å². The number of hydrogen-bond donors (Lipinski definition) is 0. The minimum absolute atomic E-state index is 0.434. The zero-order chi connectivity index (χ0) is 23.4. The van der Waals surface area contributed by atoms with Crippen molar-refractivity contribution in [2.24, 2.45) is 0 Å². The van der Waals surface area contributed by atoms with Gasteiger partial charge in [0, 0.05) is 12.8 Å². The first-order chi connectivity index (χ1) is 12.5. The van der Waals surface area contributed by atoms with Crippen LogP contribution in [0.2, 0.25) is 78.6 Å². The second kappa shape index (κ2) is 10.8. The number of rotatable bonds is 14. The summed E-state index contributed by atoms with van der Waals surface area (Å²) in [5, 5.41) is 0. The predicted molar refractivity (Wildman–Crippen MR) is 143 cm³/mol. The molecule has 0 aliphatic carbocycles. The normalized spacial score (nSPS) is 15.3. The van der Waals surface area contributed by atoms with Crippen molar-refractivity contribution in [1.82, 2.24) is 0 Å². The average Bonchev–Trinajstić information content (AvgIpc) is 2.27. The molecule has 0 saturated heterocycles. The lowest BCUT2D eigenvalue weighted by Crippen LogP contribution is -2.52. The Bertz CT molecular complexity index is 415. The van der Waals surface area contributed by atoms with Crippen LogP contribution >= 0.6 is 0 Å². The van der Waals surface area contributed by atoms with Gasteiger partial charge in [-0.05, 0) is 78.6 Å². The molecule has 29 heavy (non-hydrogen) atoms. The summed E-state index contributed by atoms with van der Waals surface area (Å²) in [6.07, 6.45) is 1.59. The smallest absolute Gasteiger partial charge is 0.187 e. The number of hydrogen-bond acceptors (Lipinski definition) is 5. The molecule has 0 bridgehead atoms. The van der Waals surface area contributed by atoms with Crippen LogP contribution in [-0.4, -0.2) is 77.8 Å². The summed E-state index contributed by atoms with van der Waals surface area (Å²) in [6.45, 7) is 28.0. The molecular weight excluding hydrogens is 465 g/mol. The molecule has 0 rings (SSSR count). The Morgan fingerprint density at radius 3 is 0.862 bits per heavy atom. The van der Waals surface area contributed by atoms with Gasteiger partial charge in [0.2, 0.25) is 0 Å². The molecule has 0 saturated carbocycles. The Hall–Kier alpha value is 1.10. The van der Waals surface area contributed by atoms with Gasteiger partial charge in [0.25, 0.3) is 0 Å². The molecule has 11 heteroatoms. The van der Waals surface area contributed by atoms with E-state index in [1.165, 1.54) is 0 Å². The highest BCUT2D eigenvalue weighted by Crippen LogP contribution is 2.27. The first-order valence-corrected chi connectivity index (χ1v) is 26.6. The van der Waals surface area contributed by atoms with Crippen LogP contribution in [0.1, 0.15) is 12.8 Å². The molecule has 0 amide bonds. The fraction of sp³-hybridized carbons (Fsp3) is 1.00. The maximum absolute atomic E-state index is 6.48. The van der Waals surface area contributed by atoms with Gasteiger partial charge in [-0.1, -0.05) is 0 Å². The quantitative estimate of drug-likeness (QED) is 0.202. The molecule has 0 aliphatic rings. The van der Waals surface area contributed by atoms with E-state index in [2.05, 4.69) is 78.6 Å². The first-order valence-electron chi connectivity index (χ1n) is 10.9. The van der Waals surface area contributed by atoms with Crippen LogP contribution in [0.4, 0.5) is 0 Å². The van der Waals surface area contributed by atoms with Crippen LogP contribution in [0.15, 0.2) is 0 Å². The van der Waals surface area contributed by atoms with Crippen molar-refractivity contribution in [2.45, 2.75) is 102 Å². The largest absolute Gasteiger partial charge is 0.395 e. The van der Waals surface area contributed by atoms with Crippen molar-refractivity contribution in [3.63, 3.8) is 0 Å². The summed E-state index contributed by atoms with van der Waals surface area (Å²) in [7, 11) is -5.09. The molecular formula is C18H50O5Si6. The Morgan fingerprint density at radius 2 is 0.690 bits per heavy atom. The minimum Gasteiger partial charge on any atom is -0.395 e. The van der Waals surface area contributed by atoms with Crippen LogP contribution in [-0.2, 0) is 22.4 Å². The van der Waals surface area contributed by atoms with Gasteiger partial charge in [0.15, 0.2) is 33.3 Å². The minimum atomic E-state index is -1.69. The zero-order valence-corrected chi connectivity index (χ0v) is 29.9. The van der Waals surface area contributed by atoms with Gasteiger partial charge >= 0.3 is 0 Å². The summed E-state index contributed by atoms with van der Waals surface area (Å²) in [5.41, 5.74) is -0.868. The van der Waals surface area contributed by atoms with E-state index in [1.54, 1.807) is 0 Å². The molecule has 0 atom stereocenters. The predicted octanol–water partition coefficient (Wildman–Crippen LogP) is 3.23. The van der Waals surface area contributed by atoms with E-state index in [0.29, 0.717) is 13.2 Å². The molecule has 0 N–H and O–H groups in total. The Labute approximate surface area is 191 Å². The molecule has 0 fully saturated rings. The maximum Gasteiger partial charge on any atom is 0.187 e. The molecule has 0 heterocycles. The van der Waals surface area contributed by atoms with Crippen LogP contribution in [0.5, 0.6) is 0 Å². The highest BCUT2D eigenvalue weighted by Gasteiger charge is 2.37. The summed E-state index contributed by atoms with van der Waals surface area (Å²) in [6, 6.07) is 0. The van der Waals surface area contributed by atoms with Gasteiger partial charge in [-0.3, -0.25) is 0 Å². The third kappa shape index (κ3) is 17.3. The fourth-order valence-electron chi connectivity index (χ4n) is 3.45. The van der Waals surface area contributed by atoms with E-state index in [1.807, 2.05) is 0 Å². The lowest BCUT2D eigenvalue weighted by molar-refractivity contribution is -0.0887. The summed E-state index contributed by atoms with van der Waals surface area (Å²) in [5.74, 6) is 0. The fourth-order valence-corrected chi connectivity index (χ4v) is 17.1. The molecule has 0 aromatic heterocycles. The van der Waals surface area contributed by atoms with Crippen molar-refractivity contribution in [1.29, 1.82) is 0 Å². The van der Waals surface area contributed by atoms with E-state index in [4.69, 9.17) is 22.4 Å². The Kier molecular flexibility index (Phi) is 11.2. The molecule has 5 nitrogen and oxygen atoms in total. The molecule has 0 radical (unpaired) electrons. The second-order valence-electron chi connectivity index (χ2n) is 12.2. The SMILES string of the molecule is C[Si](C)(C)OC([SiH3])(CCOCCC([SiH3])(O[Si](C)(C)C)O[Si](C)(C)C)O[Si](C)(C)C. The van der Waals surface area contributed by atoms with E-state index in [-0.39, 0.29) is 0 Å². The van der Waals surface area contributed by atoms with E-state index in [9.17, 15) is 0 Å². The van der Waals surface area contributed by atoms with Crippen LogP contribution < -0.4 is 0 Å². The summed E-state index contributed by atoms with van der Waals surface area (Å²) < 4.78 is 32.0. The Morgan fingerprint density at radius 1 is 0.483 bits per heavy atom. The number of ether oxygens (including phenoxy) is 1.